The molecule has 19 heavy (non-hydrogen) atoms. The van der Waals surface area contributed by atoms with Crippen molar-refractivity contribution in [2.45, 2.75) is 18.6 Å². The number of Topliss-reactive ketones (excluding diaryl/α,β-unsaturated/α-hetero) is 1. The van der Waals surface area contributed by atoms with Crippen molar-refractivity contribution in [3.8, 4) is 0 Å². The fraction of sp³-hybridized carbons (Fsp3) is 0.500. The molecule has 2 nitrogen and oxygen atoms in total. The quantitative estimate of drug-likeness (QED) is 0.793. The molecule has 1 aliphatic heterocycles. The third kappa shape index (κ3) is 3.54. The fourth-order valence-corrected chi connectivity index (χ4v) is 3.47. The molecule has 1 aliphatic rings. The maximum absolute atomic E-state index is 13.5. The zero-order valence-corrected chi connectivity index (χ0v) is 11.7. The normalized spacial score (nSPS) is 20.5. The second-order valence-electron chi connectivity index (χ2n) is 4.66. The van der Waals surface area contributed by atoms with Gasteiger partial charge in [0.15, 0.2) is 5.78 Å². The Bertz CT molecular complexity index is 447. The molecule has 1 fully saturated rings. The summed E-state index contributed by atoms with van der Waals surface area (Å²) in [5.41, 5.74) is -0.409. The molecular weight excluding hydrogens is 268 g/mol. The van der Waals surface area contributed by atoms with Gasteiger partial charge < -0.3 is 0 Å². The largest absolute Gasteiger partial charge is 0.294 e. The van der Waals surface area contributed by atoms with Crippen LogP contribution in [0.15, 0.2) is 18.2 Å². The summed E-state index contributed by atoms with van der Waals surface area (Å²) in [7, 11) is 0. The molecule has 0 bridgehead atoms. The minimum Gasteiger partial charge on any atom is -0.294 e. The van der Waals surface area contributed by atoms with Crippen molar-refractivity contribution in [3.05, 3.63) is 35.4 Å². The van der Waals surface area contributed by atoms with Crippen molar-refractivity contribution < 1.29 is 13.6 Å². The molecule has 0 aliphatic carbocycles. The highest BCUT2D eigenvalue weighted by Crippen LogP contribution is 2.21. The number of hydrogen-bond acceptors (Lipinski definition) is 3. The number of nitrogens with zero attached hydrogens (tertiary/aromatic N) is 1. The van der Waals surface area contributed by atoms with Gasteiger partial charge in [-0.25, -0.2) is 8.78 Å². The zero-order chi connectivity index (χ0) is 13.8. The van der Waals surface area contributed by atoms with Gasteiger partial charge in [-0.05, 0) is 18.6 Å². The molecule has 2 rings (SSSR count). The Labute approximate surface area is 116 Å². The van der Waals surface area contributed by atoms with Crippen LogP contribution in [0.5, 0.6) is 0 Å². The molecule has 1 unspecified atom stereocenters. The maximum atomic E-state index is 13.5. The number of thioether (sulfide) groups is 1. The maximum Gasteiger partial charge on any atom is 0.182 e. The molecular formula is C14H17F2NOS. The number of rotatable bonds is 4. The van der Waals surface area contributed by atoms with Gasteiger partial charge in [-0.3, -0.25) is 9.69 Å². The van der Waals surface area contributed by atoms with Crippen LogP contribution in [-0.4, -0.2) is 41.3 Å². The Morgan fingerprint density at radius 3 is 2.74 bits per heavy atom. The fourth-order valence-electron chi connectivity index (χ4n) is 2.22. The molecule has 1 aromatic carbocycles. The summed E-state index contributed by atoms with van der Waals surface area (Å²) in [6, 6.07) is 3.51. The van der Waals surface area contributed by atoms with Gasteiger partial charge >= 0.3 is 0 Å². The van der Waals surface area contributed by atoms with Crippen molar-refractivity contribution >= 4 is 17.5 Å². The van der Waals surface area contributed by atoms with E-state index in [1.165, 1.54) is 6.07 Å². The Balaban J connectivity index is 2.05. The van der Waals surface area contributed by atoms with E-state index in [0.29, 0.717) is 5.25 Å². The van der Waals surface area contributed by atoms with E-state index in [1.807, 2.05) is 16.7 Å². The lowest BCUT2D eigenvalue weighted by molar-refractivity contribution is 0.0924. The summed E-state index contributed by atoms with van der Waals surface area (Å²) in [5, 5.41) is 0.506. The molecule has 0 amide bonds. The highest BCUT2D eigenvalue weighted by Gasteiger charge is 2.24. The van der Waals surface area contributed by atoms with Crippen LogP contribution in [0.3, 0.4) is 0 Å². The summed E-state index contributed by atoms with van der Waals surface area (Å²) in [4.78, 5) is 14.0. The van der Waals surface area contributed by atoms with E-state index in [-0.39, 0.29) is 6.54 Å². The highest BCUT2D eigenvalue weighted by atomic mass is 32.2. The lowest BCUT2D eigenvalue weighted by Crippen LogP contribution is -2.40. The standard InChI is InChI=1S/C14H17F2NOS/c1-2-10-8-17(6-7-19-10)9-13(18)14-11(15)4-3-5-12(14)16/h3-5,10H,2,6-9H2,1H3. The molecule has 0 spiro atoms. The Morgan fingerprint density at radius 1 is 1.42 bits per heavy atom. The predicted molar refractivity (Wildman–Crippen MR) is 73.7 cm³/mol. The first-order chi connectivity index (χ1) is 9.11. The minimum absolute atomic E-state index is 0.0922. The van der Waals surface area contributed by atoms with Gasteiger partial charge in [0.2, 0.25) is 0 Å². The van der Waals surface area contributed by atoms with Crippen LogP contribution in [0, 0.1) is 11.6 Å². The van der Waals surface area contributed by atoms with E-state index in [2.05, 4.69) is 6.92 Å². The minimum atomic E-state index is -0.775. The van der Waals surface area contributed by atoms with E-state index in [4.69, 9.17) is 0 Å². The van der Waals surface area contributed by atoms with Crippen LogP contribution in [-0.2, 0) is 0 Å². The number of carbonyl (C=O) groups excluding carboxylic acids is 1. The van der Waals surface area contributed by atoms with Crippen LogP contribution in [0.25, 0.3) is 0 Å². The first-order valence-electron chi connectivity index (χ1n) is 6.43. The second-order valence-corrected chi connectivity index (χ2v) is 6.06. The SMILES string of the molecule is CCC1CN(CC(=O)c2c(F)cccc2F)CCS1. The molecule has 104 valence electrons. The summed E-state index contributed by atoms with van der Waals surface area (Å²) in [6.45, 7) is 3.81. The molecule has 1 aromatic rings. The van der Waals surface area contributed by atoms with Gasteiger partial charge in [0.1, 0.15) is 11.6 Å². The predicted octanol–water partition coefficient (Wildman–Crippen LogP) is 2.97. The van der Waals surface area contributed by atoms with E-state index >= 15 is 0 Å². The number of carbonyl (C=O) groups is 1. The molecule has 0 saturated carbocycles. The Kier molecular flexibility index (Phi) is 4.93. The van der Waals surface area contributed by atoms with Crippen LogP contribution in [0.4, 0.5) is 8.78 Å². The van der Waals surface area contributed by atoms with E-state index < -0.39 is 23.0 Å². The number of ketones is 1. The summed E-state index contributed by atoms with van der Waals surface area (Å²) in [5.74, 6) is -1.06. The topological polar surface area (TPSA) is 20.3 Å². The molecule has 1 atom stereocenters. The monoisotopic (exact) mass is 285 g/mol. The third-order valence-electron chi connectivity index (χ3n) is 3.29. The summed E-state index contributed by atoms with van der Waals surface area (Å²) >= 11 is 1.90. The van der Waals surface area contributed by atoms with Crippen LogP contribution in [0.2, 0.25) is 0 Å². The first kappa shape index (κ1) is 14.5. The van der Waals surface area contributed by atoms with Gasteiger partial charge in [0.25, 0.3) is 0 Å². The molecule has 0 N–H and O–H groups in total. The summed E-state index contributed by atoms with van der Waals surface area (Å²) < 4.78 is 27.0. The van der Waals surface area contributed by atoms with E-state index in [1.54, 1.807) is 0 Å². The van der Waals surface area contributed by atoms with Gasteiger partial charge in [0.05, 0.1) is 12.1 Å². The molecule has 0 radical (unpaired) electrons. The molecule has 1 heterocycles. The lowest BCUT2D eigenvalue weighted by atomic mass is 10.1. The average Bonchev–Trinajstić information content (AvgIpc) is 2.38. The molecule has 1 saturated heterocycles. The van der Waals surface area contributed by atoms with Gasteiger partial charge in [-0.2, -0.15) is 11.8 Å². The third-order valence-corrected chi connectivity index (χ3v) is 4.66. The van der Waals surface area contributed by atoms with Crippen LogP contribution < -0.4 is 0 Å². The van der Waals surface area contributed by atoms with Crippen molar-refractivity contribution in [2.24, 2.45) is 0 Å². The average molecular weight is 285 g/mol. The van der Waals surface area contributed by atoms with Crippen LogP contribution >= 0.6 is 11.8 Å². The van der Waals surface area contributed by atoms with Gasteiger partial charge in [0, 0.05) is 24.1 Å². The van der Waals surface area contributed by atoms with Crippen molar-refractivity contribution in [3.63, 3.8) is 0 Å². The van der Waals surface area contributed by atoms with Gasteiger partial charge in [-0.15, -0.1) is 0 Å². The Morgan fingerprint density at radius 2 is 2.11 bits per heavy atom. The van der Waals surface area contributed by atoms with Crippen molar-refractivity contribution in [1.29, 1.82) is 0 Å². The lowest BCUT2D eigenvalue weighted by Gasteiger charge is -2.31. The van der Waals surface area contributed by atoms with Crippen molar-refractivity contribution in [1.82, 2.24) is 4.90 Å². The zero-order valence-electron chi connectivity index (χ0n) is 10.9. The number of benzene rings is 1. The van der Waals surface area contributed by atoms with Crippen LogP contribution in [0.1, 0.15) is 23.7 Å². The van der Waals surface area contributed by atoms with E-state index in [9.17, 15) is 13.6 Å². The second kappa shape index (κ2) is 6.48. The molecule has 5 heteroatoms. The number of hydrogen-bond donors (Lipinski definition) is 0. The smallest absolute Gasteiger partial charge is 0.182 e. The first-order valence-corrected chi connectivity index (χ1v) is 7.48. The number of halogens is 2. The Hall–Kier alpha value is -0.940. The van der Waals surface area contributed by atoms with E-state index in [0.717, 1.165) is 37.4 Å². The van der Waals surface area contributed by atoms with Gasteiger partial charge in [-0.1, -0.05) is 13.0 Å². The van der Waals surface area contributed by atoms with Crippen molar-refractivity contribution in [2.75, 3.05) is 25.4 Å². The molecule has 0 aromatic heterocycles. The summed E-state index contributed by atoms with van der Waals surface area (Å²) in [6.07, 6.45) is 1.05. The highest BCUT2D eigenvalue weighted by molar-refractivity contribution is 8.00.